The second-order valence-electron chi connectivity index (χ2n) is 5.60. The number of anilines is 1. The second-order valence-corrected chi connectivity index (χ2v) is 7.37. The molecule has 1 saturated heterocycles. The molecule has 0 radical (unpaired) electrons. The van der Waals surface area contributed by atoms with E-state index in [1.165, 1.54) is 0 Å². The molecule has 0 atom stereocenters. The average Bonchev–Trinajstić information content (AvgIpc) is 2.49. The van der Waals surface area contributed by atoms with Gasteiger partial charge in [0, 0.05) is 12.2 Å². The minimum absolute atomic E-state index is 0.268. The van der Waals surface area contributed by atoms with Crippen molar-refractivity contribution >= 4 is 15.7 Å². The molecule has 1 heterocycles. The number of nitrogens with one attached hydrogen (secondary N) is 2. The summed E-state index contributed by atoms with van der Waals surface area (Å²) < 4.78 is 27.0. The Balaban J connectivity index is 1.83. The van der Waals surface area contributed by atoms with Crippen LogP contribution in [0, 0.1) is 5.92 Å². The van der Waals surface area contributed by atoms with Gasteiger partial charge in [0.2, 0.25) is 10.0 Å². The van der Waals surface area contributed by atoms with E-state index in [-0.39, 0.29) is 4.90 Å². The molecule has 6 nitrogen and oxygen atoms in total. The number of hydrogen-bond donors (Lipinski definition) is 3. The quantitative estimate of drug-likeness (QED) is 0.538. The molecule has 0 aromatic heterocycles. The third kappa shape index (κ3) is 4.67. The summed E-state index contributed by atoms with van der Waals surface area (Å²) in [5.41, 5.74) is 3.16. The molecule has 1 aliphatic heterocycles. The Morgan fingerprint density at radius 2 is 1.86 bits per heavy atom. The lowest BCUT2D eigenvalue weighted by Crippen LogP contribution is -2.32. The van der Waals surface area contributed by atoms with Crippen LogP contribution in [0.25, 0.3) is 0 Å². The lowest BCUT2D eigenvalue weighted by Gasteiger charge is -2.28. The minimum atomic E-state index is -3.43. The second kappa shape index (κ2) is 7.22. The first-order valence-corrected chi connectivity index (χ1v) is 8.74. The van der Waals surface area contributed by atoms with Crippen molar-refractivity contribution < 1.29 is 8.42 Å². The zero-order valence-corrected chi connectivity index (χ0v) is 13.2. The summed E-state index contributed by atoms with van der Waals surface area (Å²) in [4.78, 5) is 2.58. The predicted octanol–water partition coefficient (Wildman–Crippen LogP) is 0.982. The fraction of sp³-hybridized carbons (Fsp3) is 0.571. The molecule has 1 fully saturated rings. The maximum absolute atomic E-state index is 12.2. The summed E-state index contributed by atoms with van der Waals surface area (Å²) in [6, 6.07) is 6.39. The summed E-state index contributed by atoms with van der Waals surface area (Å²) in [6.07, 6.45) is 3.19. The number of rotatable bonds is 6. The van der Waals surface area contributed by atoms with Gasteiger partial charge in [-0.15, -0.1) is 0 Å². The number of hydrogen-bond acceptors (Lipinski definition) is 5. The third-order valence-corrected chi connectivity index (χ3v) is 5.49. The molecule has 1 aromatic carbocycles. The number of nitrogen functional groups attached to an aromatic ring is 1. The molecule has 2 rings (SSSR count). The van der Waals surface area contributed by atoms with E-state index < -0.39 is 10.0 Å². The van der Waals surface area contributed by atoms with Crippen LogP contribution < -0.4 is 16.0 Å². The summed E-state index contributed by atoms with van der Waals surface area (Å²) >= 11 is 0. The fourth-order valence-corrected chi connectivity index (χ4v) is 3.61. The first-order chi connectivity index (χ1) is 10.0. The zero-order valence-electron chi connectivity index (χ0n) is 12.4. The molecule has 0 bridgehead atoms. The molecule has 1 aromatic rings. The Labute approximate surface area is 126 Å². The number of likely N-dealkylation sites (tertiary alicyclic amines) is 1. The molecule has 4 N–H and O–H groups in total. The highest BCUT2D eigenvalue weighted by atomic mass is 32.2. The highest BCUT2D eigenvalue weighted by Crippen LogP contribution is 2.19. The molecule has 1 aliphatic rings. The predicted molar refractivity (Wildman–Crippen MR) is 84.3 cm³/mol. The van der Waals surface area contributed by atoms with E-state index >= 15 is 0 Å². The number of nitrogens with zero attached hydrogens (tertiary/aromatic N) is 1. The first-order valence-electron chi connectivity index (χ1n) is 7.26. The summed E-state index contributed by atoms with van der Waals surface area (Å²) in [5.74, 6) is 5.88. The maximum Gasteiger partial charge on any atom is 0.240 e. The monoisotopic (exact) mass is 312 g/mol. The van der Waals surface area contributed by atoms with Gasteiger partial charge in [0.25, 0.3) is 0 Å². The topological polar surface area (TPSA) is 87.5 Å². The van der Waals surface area contributed by atoms with Crippen LogP contribution in [0.1, 0.15) is 19.3 Å². The van der Waals surface area contributed by atoms with Crippen LogP contribution in [0.5, 0.6) is 0 Å². The van der Waals surface area contributed by atoms with E-state index in [0.717, 1.165) is 32.4 Å². The van der Waals surface area contributed by atoms with E-state index in [0.29, 0.717) is 18.2 Å². The van der Waals surface area contributed by atoms with Gasteiger partial charge in [-0.25, -0.2) is 13.1 Å². The first kappa shape index (κ1) is 16.2. The lowest BCUT2D eigenvalue weighted by molar-refractivity contribution is 0.213. The third-order valence-electron chi connectivity index (χ3n) is 4.01. The Morgan fingerprint density at radius 3 is 2.43 bits per heavy atom. The molecule has 21 heavy (non-hydrogen) atoms. The van der Waals surface area contributed by atoms with Crippen molar-refractivity contribution in [1.29, 1.82) is 0 Å². The molecule has 0 aliphatic carbocycles. The Hall–Kier alpha value is -1.15. The maximum atomic E-state index is 12.2. The van der Waals surface area contributed by atoms with E-state index in [4.69, 9.17) is 5.84 Å². The van der Waals surface area contributed by atoms with Crippen LogP contribution in [-0.4, -0.2) is 40.0 Å². The number of sulfonamides is 1. The highest BCUT2D eigenvalue weighted by Gasteiger charge is 2.18. The van der Waals surface area contributed by atoms with Gasteiger partial charge in [-0.2, -0.15) is 0 Å². The molecule has 118 valence electrons. The fourth-order valence-electron chi connectivity index (χ4n) is 2.56. The van der Waals surface area contributed by atoms with Gasteiger partial charge in [0.05, 0.1) is 4.90 Å². The van der Waals surface area contributed by atoms with Gasteiger partial charge < -0.3 is 10.3 Å². The van der Waals surface area contributed by atoms with Crippen LogP contribution >= 0.6 is 0 Å². The SMILES string of the molecule is CN1CCC(CCNS(=O)(=O)c2ccc(NN)cc2)CC1. The van der Waals surface area contributed by atoms with Crippen molar-refractivity contribution in [2.24, 2.45) is 11.8 Å². The molecule has 0 spiro atoms. The van der Waals surface area contributed by atoms with Gasteiger partial charge in [0.15, 0.2) is 0 Å². The van der Waals surface area contributed by atoms with Gasteiger partial charge in [-0.1, -0.05) is 0 Å². The molecule has 7 heteroatoms. The molecule has 0 amide bonds. The normalized spacial score (nSPS) is 17.8. The van der Waals surface area contributed by atoms with Crippen molar-refractivity contribution in [3.63, 3.8) is 0 Å². The van der Waals surface area contributed by atoms with Crippen molar-refractivity contribution in [3.05, 3.63) is 24.3 Å². The van der Waals surface area contributed by atoms with Crippen molar-refractivity contribution in [3.8, 4) is 0 Å². The molecule has 0 unspecified atom stereocenters. The van der Waals surface area contributed by atoms with Gasteiger partial charge >= 0.3 is 0 Å². The van der Waals surface area contributed by atoms with Gasteiger partial charge in [-0.05, 0) is 69.6 Å². The average molecular weight is 312 g/mol. The van der Waals surface area contributed by atoms with Crippen LogP contribution in [0.15, 0.2) is 29.2 Å². The summed E-state index contributed by atoms with van der Waals surface area (Å²) in [7, 11) is -1.30. The van der Waals surface area contributed by atoms with E-state index in [2.05, 4.69) is 22.1 Å². The van der Waals surface area contributed by atoms with Crippen LogP contribution in [0.4, 0.5) is 5.69 Å². The molecule has 0 saturated carbocycles. The van der Waals surface area contributed by atoms with Crippen molar-refractivity contribution in [2.75, 3.05) is 32.1 Å². The summed E-state index contributed by atoms with van der Waals surface area (Å²) in [5, 5.41) is 0. The lowest BCUT2D eigenvalue weighted by atomic mass is 9.94. The van der Waals surface area contributed by atoms with E-state index in [1.54, 1.807) is 24.3 Å². The van der Waals surface area contributed by atoms with Crippen molar-refractivity contribution in [2.45, 2.75) is 24.2 Å². The number of piperidine rings is 1. The molecular formula is C14H24N4O2S. The largest absolute Gasteiger partial charge is 0.324 e. The van der Waals surface area contributed by atoms with E-state index in [1.807, 2.05) is 0 Å². The number of benzene rings is 1. The summed E-state index contributed by atoms with van der Waals surface area (Å²) in [6.45, 7) is 2.70. The Morgan fingerprint density at radius 1 is 1.24 bits per heavy atom. The van der Waals surface area contributed by atoms with Crippen LogP contribution in [-0.2, 0) is 10.0 Å². The Bertz CT molecular complexity index is 537. The number of nitrogens with two attached hydrogens (primary N) is 1. The molecular weight excluding hydrogens is 288 g/mol. The minimum Gasteiger partial charge on any atom is -0.324 e. The Kier molecular flexibility index (Phi) is 5.58. The van der Waals surface area contributed by atoms with Gasteiger partial charge in [0.1, 0.15) is 0 Å². The van der Waals surface area contributed by atoms with Gasteiger partial charge in [-0.3, -0.25) is 5.84 Å². The number of hydrazine groups is 1. The highest BCUT2D eigenvalue weighted by molar-refractivity contribution is 7.89. The van der Waals surface area contributed by atoms with Crippen LogP contribution in [0.3, 0.4) is 0 Å². The van der Waals surface area contributed by atoms with Crippen LogP contribution in [0.2, 0.25) is 0 Å². The van der Waals surface area contributed by atoms with Crippen molar-refractivity contribution in [1.82, 2.24) is 9.62 Å². The van der Waals surface area contributed by atoms with E-state index in [9.17, 15) is 8.42 Å². The standard InChI is InChI=1S/C14H24N4O2S/c1-18-10-7-12(8-11-18)6-9-16-21(19,20)14-4-2-13(17-15)3-5-14/h2-5,12,16-17H,6-11,15H2,1H3. The smallest absolute Gasteiger partial charge is 0.240 e. The zero-order chi connectivity index (χ0) is 15.3.